The summed E-state index contributed by atoms with van der Waals surface area (Å²) in [5.41, 5.74) is 6.07. The maximum atomic E-state index is 5.78. The van der Waals surface area contributed by atoms with Crippen LogP contribution in [0.3, 0.4) is 0 Å². The van der Waals surface area contributed by atoms with Gasteiger partial charge >= 0.3 is 0 Å². The molecule has 0 radical (unpaired) electrons. The van der Waals surface area contributed by atoms with Crippen molar-refractivity contribution in [2.75, 3.05) is 19.8 Å². The van der Waals surface area contributed by atoms with Crippen molar-refractivity contribution in [3.05, 3.63) is 0 Å². The SMILES string of the molecule is CCOCCCC(C)(CN)C(C)C. The fourth-order valence-corrected chi connectivity index (χ4v) is 1.35. The van der Waals surface area contributed by atoms with Crippen molar-refractivity contribution >= 4 is 0 Å². The number of rotatable bonds is 7. The van der Waals surface area contributed by atoms with E-state index in [1.807, 2.05) is 6.92 Å². The third-order valence-electron chi connectivity index (χ3n) is 3.10. The summed E-state index contributed by atoms with van der Waals surface area (Å²) in [6.45, 7) is 11.3. The van der Waals surface area contributed by atoms with Gasteiger partial charge in [-0.05, 0) is 37.6 Å². The summed E-state index contributed by atoms with van der Waals surface area (Å²) in [7, 11) is 0. The summed E-state index contributed by atoms with van der Waals surface area (Å²) in [4.78, 5) is 0. The maximum absolute atomic E-state index is 5.78. The summed E-state index contributed by atoms with van der Waals surface area (Å²) in [5.74, 6) is 0.652. The van der Waals surface area contributed by atoms with E-state index in [-0.39, 0.29) is 5.41 Å². The maximum Gasteiger partial charge on any atom is 0.0466 e. The topological polar surface area (TPSA) is 35.2 Å². The summed E-state index contributed by atoms with van der Waals surface area (Å²) in [6, 6.07) is 0. The molecule has 0 fully saturated rings. The summed E-state index contributed by atoms with van der Waals surface area (Å²) in [5, 5.41) is 0. The van der Waals surface area contributed by atoms with Crippen molar-refractivity contribution in [1.82, 2.24) is 0 Å². The molecule has 0 heterocycles. The van der Waals surface area contributed by atoms with Crippen LogP contribution in [0.4, 0.5) is 0 Å². The molecule has 13 heavy (non-hydrogen) atoms. The van der Waals surface area contributed by atoms with Crippen LogP contribution in [0.5, 0.6) is 0 Å². The Morgan fingerprint density at radius 2 is 2.00 bits per heavy atom. The molecule has 1 atom stereocenters. The van der Waals surface area contributed by atoms with Crippen molar-refractivity contribution < 1.29 is 4.74 Å². The minimum absolute atomic E-state index is 0.289. The highest BCUT2D eigenvalue weighted by molar-refractivity contribution is 4.78. The lowest BCUT2D eigenvalue weighted by molar-refractivity contribution is 0.119. The first-order valence-corrected chi connectivity index (χ1v) is 5.34. The fourth-order valence-electron chi connectivity index (χ4n) is 1.35. The average Bonchev–Trinajstić information content (AvgIpc) is 2.12. The van der Waals surface area contributed by atoms with Crippen molar-refractivity contribution in [2.24, 2.45) is 17.1 Å². The Bertz CT molecular complexity index is 125. The van der Waals surface area contributed by atoms with Crippen LogP contribution in [0.1, 0.15) is 40.5 Å². The van der Waals surface area contributed by atoms with Gasteiger partial charge in [0, 0.05) is 13.2 Å². The number of nitrogens with two attached hydrogens (primary N) is 1. The van der Waals surface area contributed by atoms with Crippen LogP contribution in [0.15, 0.2) is 0 Å². The molecule has 0 aliphatic carbocycles. The van der Waals surface area contributed by atoms with Gasteiger partial charge in [0.1, 0.15) is 0 Å². The predicted octanol–water partition coefficient (Wildman–Crippen LogP) is 2.42. The van der Waals surface area contributed by atoms with Crippen LogP contribution in [0.2, 0.25) is 0 Å². The van der Waals surface area contributed by atoms with Gasteiger partial charge in [0.15, 0.2) is 0 Å². The molecule has 0 spiro atoms. The molecule has 0 saturated carbocycles. The predicted molar refractivity (Wildman–Crippen MR) is 57.7 cm³/mol. The van der Waals surface area contributed by atoms with Gasteiger partial charge in [-0.3, -0.25) is 0 Å². The second-order valence-electron chi connectivity index (χ2n) is 4.31. The highest BCUT2D eigenvalue weighted by Gasteiger charge is 2.25. The molecule has 0 amide bonds. The first-order chi connectivity index (χ1) is 6.06. The zero-order valence-corrected chi connectivity index (χ0v) is 9.60. The monoisotopic (exact) mass is 187 g/mol. The quantitative estimate of drug-likeness (QED) is 0.621. The van der Waals surface area contributed by atoms with Crippen LogP contribution in [-0.2, 0) is 4.74 Å². The van der Waals surface area contributed by atoms with Crippen molar-refractivity contribution in [3.63, 3.8) is 0 Å². The molecule has 2 N–H and O–H groups in total. The Hall–Kier alpha value is -0.0800. The normalized spacial score (nSPS) is 16.2. The molecular formula is C11H25NO. The van der Waals surface area contributed by atoms with E-state index in [4.69, 9.17) is 10.5 Å². The number of hydrogen-bond acceptors (Lipinski definition) is 2. The molecule has 80 valence electrons. The van der Waals surface area contributed by atoms with Gasteiger partial charge in [0.05, 0.1) is 0 Å². The second kappa shape index (κ2) is 6.39. The van der Waals surface area contributed by atoms with Crippen LogP contribution in [0.25, 0.3) is 0 Å². The van der Waals surface area contributed by atoms with Crippen molar-refractivity contribution in [3.8, 4) is 0 Å². The van der Waals surface area contributed by atoms with E-state index in [0.717, 1.165) is 26.2 Å². The van der Waals surface area contributed by atoms with Crippen LogP contribution in [0, 0.1) is 11.3 Å². The van der Waals surface area contributed by atoms with Gasteiger partial charge < -0.3 is 10.5 Å². The zero-order valence-electron chi connectivity index (χ0n) is 9.60. The molecule has 0 aromatic carbocycles. The summed E-state index contributed by atoms with van der Waals surface area (Å²) in [6.07, 6.45) is 2.29. The number of ether oxygens (including phenoxy) is 1. The Kier molecular flexibility index (Phi) is 6.35. The van der Waals surface area contributed by atoms with E-state index in [9.17, 15) is 0 Å². The minimum atomic E-state index is 0.289. The van der Waals surface area contributed by atoms with Gasteiger partial charge in [-0.1, -0.05) is 20.8 Å². The smallest absolute Gasteiger partial charge is 0.0466 e. The van der Waals surface area contributed by atoms with Gasteiger partial charge in [-0.15, -0.1) is 0 Å². The highest BCUT2D eigenvalue weighted by Crippen LogP contribution is 2.30. The lowest BCUT2D eigenvalue weighted by Gasteiger charge is -2.32. The van der Waals surface area contributed by atoms with Gasteiger partial charge in [-0.2, -0.15) is 0 Å². The van der Waals surface area contributed by atoms with E-state index in [1.165, 1.54) is 6.42 Å². The standard InChI is InChI=1S/C11H25NO/c1-5-13-8-6-7-11(4,9-12)10(2)3/h10H,5-9,12H2,1-4H3. The highest BCUT2D eigenvalue weighted by atomic mass is 16.5. The van der Waals surface area contributed by atoms with E-state index in [2.05, 4.69) is 20.8 Å². The van der Waals surface area contributed by atoms with Crippen LogP contribution >= 0.6 is 0 Å². The molecule has 0 aliphatic heterocycles. The third-order valence-corrected chi connectivity index (χ3v) is 3.10. The van der Waals surface area contributed by atoms with E-state index >= 15 is 0 Å². The van der Waals surface area contributed by atoms with Gasteiger partial charge in [0.2, 0.25) is 0 Å². The Balaban J connectivity index is 3.71. The summed E-state index contributed by atoms with van der Waals surface area (Å²) < 4.78 is 5.31. The molecule has 0 bridgehead atoms. The van der Waals surface area contributed by atoms with E-state index in [1.54, 1.807) is 0 Å². The molecule has 2 nitrogen and oxygen atoms in total. The minimum Gasteiger partial charge on any atom is -0.382 e. The molecule has 0 aromatic rings. The lowest BCUT2D eigenvalue weighted by Crippen LogP contribution is -2.32. The Labute approximate surface area is 82.8 Å². The third kappa shape index (κ3) is 4.63. The largest absolute Gasteiger partial charge is 0.382 e. The Morgan fingerprint density at radius 1 is 1.38 bits per heavy atom. The first-order valence-electron chi connectivity index (χ1n) is 5.34. The van der Waals surface area contributed by atoms with Crippen molar-refractivity contribution in [1.29, 1.82) is 0 Å². The van der Waals surface area contributed by atoms with Gasteiger partial charge in [0.25, 0.3) is 0 Å². The first kappa shape index (κ1) is 12.9. The van der Waals surface area contributed by atoms with Crippen molar-refractivity contribution in [2.45, 2.75) is 40.5 Å². The molecule has 2 heteroatoms. The summed E-state index contributed by atoms with van der Waals surface area (Å²) >= 11 is 0. The zero-order chi connectivity index (χ0) is 10.3. The fraction of sp³-hybridized carbons (Fsp3) is 1.00. The van der Waals surface area contributed by atoms with E-state index in [0.29, 0.717) is 5.92 Å². The molecule has 0 aliphatic rings. The second-order valence-corrected chi connectivity index (χ2v) is 4.31. The number of hydrogen-bond donors (Lipinski definition) is 1. The molecule has 0 saturated heterocycles. The molecule has 1 unspecified atom stereocenters. The Morgan fingerprint density at radius 3 is 2.38 bits per heavy atom. The van der Waals surface area contributed by atoms with Crippen LogP contribution < -0.4 is 5.73 Å². The van der Waals surface area contributed by atoms with Crippen LogP contribution in [-0.4, -0.2) is 19.8 Å². The lowest BCUT2D eigenvalue weighted by atomic mass is 9.76. The molecule has 0 rings (SSSR count). The average molecular weight is 187 g/mol. The van der Waals surface area contributed by atoms with E-state index < -0.39 is 0 Å². The van der Waals surface area contributed by atoms with Gasteiger partial charge in [-0.25, -0.2) is 0 Å². The molecular weight excluding hydrogens is 162 g/mol. The molecule has 0 aromatic heterocycles.